The molecule has 0 aromatic heterocycles. The molecule has 250 valence electrons. The third-order valence-corrected chi connectivity index (χ3v) is 4.09. The zero-order chi connectivity index (χ0) is 34.5. The van der Waals surface area contributed by atoms with Crippen LogP contribution in [0, 0.1) is 0 Å². The molecule has 0 saturated heterocycles. The van der Waals surface area contributed by atoms with Crippen LogP contribution >= 0.6 is 0 Å². The largest absolute Gasteiger partial charge is 0.481 e. The molecule has 0 aromatic carbocycles. The number of esters is 6. The average Bonchev–Trinajstić information content (AvgIpc) is 2.94. The van der Waals surface area contributed by atoms with Crippen molar-refractivity contribution < 1.29 is 77.0 Å². The van der Waals surface area contributed by atoms with Gasteiger partial charge < -0.3 is 38.6 Å². The summed E-state index contributed by atoms with van der Waals surface area (Å²) < 4.78 is 28.2. The van der Waals surface area contributed by atoms with Crippen LogP contribution in [0.1, 0.15) is 66.2 Å². The van der Waals surface area contributed by atoms with Gasteiger partial charge in [0.1, 0.15) is 26.4 Å². The Bertz CT molecular complexity index is 904. The molecule has 0 unspecified atom stereocenters. The Hall–Kier alpha value is -4.76. The monoisotopic (exact) mass is 634 g/mol. The number of hydrogen-bond acceptors (Lipinski definition) is 14. The molecule has 0 aliphatic rings. The van der Waals surface area contributed by atoms with E-state index in [-0.39, 0.29) is 89.3 Å². The summed E-state index contributed by atoms with van der Waals surface area (Å²) in [4.78, 5) is 85.3. The number of carboxylic acids is 2. The van der Waals surface area contributed by atoms with Crippen LogP contribution in [-0.2, 0) is 66.8 Å². The van der Waals surface area contributed by atoms with E-state index in [0.29, 0.717) is 0 Å². The zero-order valence-corrected chi connectivity index (χ0v) is 25.5. The number of carbonyl (C=O) groups excluding carboxylic acids is 6. The van der Waals surface area contributed by atoms with E-state index >= 15 is 0 Å². The van der Waals surface area contributed by atoms with E-state index in [1.807, 2.05) is 0 Å². The van der Waals surface area contributed by atoms with Crippen LogP contribution in [0.2, 0.25) is 0 Å². The van der Waals surface area contributed by atoms with Crippen molar-refractivity contribution in [3.8, 4) is 0 Å². The molecule has 0 heterocycles. The van der Waals surface area contributed by atoms with Gasteiger partial charge in [0.25, 0.3) is 0 Å². The lowest BCUT2D eigenvalue weighted by Gasteiger charge is -2.06. The maximum atomic E-state index is 11.1. The molecule has 44 heavy (non-hydrogen) atoms. The summed E-state index contributed by atoms with van der Waals surface area (Å²) in [5.74, 6) is -5.16. The Balaban J connectivity index is -0.000000616. The van der Waals surface area contributed by atoms with E-state index in [4.69, 9.17) is 29.2 Å². The number of carbonyl (C=O) groups is 8. The predicted molar refractivity (Wildman–Crippen MR) is 150 cm³/mol. The van der Waals surface area contributed by atoms with Gasteiger partial charge in [-0.15, -0.1) is 0 Å². The summed E-state index contributed by atoms with van der Waals surface area (Å²) in [6, 6.07) is 0. The number of aliphatic carboxylic acids is 2. The third kappa shape index (κ3) is 33.4. The van der Waals surface area contributed by atoms with Gasteiger partial charge in [0.15, 0.2) is 0 Å². The average molecular weight is 635 g/mol. The second kappa shape index (κ2) is 28.4. The van der Waals surface area contributed by atoms with Crippen molar-refractivity contribution in [3.05, 3.63) is 24.3 Å². The maximum Gasteiger partial charge on any atom is 0.333 e. The minimum absolute atomic E-state index is 0.0156. The van der Waals surface area contributed by atoms with Gasteiger partial charge in [0.05, 0.1) is 51.7 Å². The van der Waals surface area contributed by atoms with Gasteiger partial charge >= 0.3 is 47.8 Å². The van der Waals surface area contributed by atoms with Crippen molar-refractivity contribution in [2.45, 2.75) is 66.2 Å². The second-order valence-electron chi connectivity index (χ2n) is 8.17. The molecule has 0 aromatic rings. The number of rotatable bonds is 19. The van der Waals surface area contributed by atoms with Crippen molar-refractivity contribution in [1.82, 2.24) is 0 Å². The molecule has 0 bridgehead atoms. The van der Waals surface area contributed by atoms with Crippen LogP contribution in [-0.4, -0.2) is 97.6 Å². The van der Waals surface area contributed by atoms with Crippen LogP contribution in [0.25, 0.3) is 0 Å². The van der Waals surface area contributed by atoms with Crippen LogP contribution in [0.5, 0.6) is 0 Å². The highest BCUT2D eigenvalue weighted by Gasteiger charge is 2.10. The van der Waals surface area contributed by atoms with Crippen molar-refractivity contribution in [3.63, 3.8) is 0 Å². The Labute approximate surface area is 255 Å². The molecule has 0 radical (unpaired) electrons. The Morgan fingerprint density at radius 2 is 0.705 bits per heavy atom. The SMILES string of the molecule is C=C(C)C(=O)OCCOC(=O)CCC(=O)OCC.C=C(C)C(=O)OCCOC(=O)CCC(=O)OCC.O=C(O)CCC(=O)O. The molecular formula is C28H42O16. The van der Waals surface area contributed by atoms with Crippen LogP contribution in [0.3, 0.4) is 0 Å². The van der Waals surface area contributed by atoms with Gasteiger partial charge in [-0.2, -0.15) is 0 Å². The molecular weight excluding hydrogens is 592 g/mol. The van der Waals surface area contributed by atoms with Crippen molar-refractivity contribution in [1.29, 1.82) is 0 Å². The molecule has 0 spiro atoms. The quantitative estimate of drug-likeness (QED) is 0.0894. The third-order valence-electron chi connectivity index (χ3n) is 4.09. The molecule has 0 fully saturated rings. The van der Waals surface area contributed by atoms with Crippen LogP contribution in [0.15, 0.2) is 24.3 Å². The highest BCUT2D eigenvalue weighted by molar-refractivity contribution is 5.87. The molecule has 0 saturated carbocycles. The highest BCUT2D eigenvalue weighted by Crippen LogP contribution is 1.98. The molecule has 0 rings (SSSR count). The Morgan fingerprint density at radius 3 is 0.932 bits per heavy atom. The van der Waals surface area contributed by atoms with E-state index in [0.717, 1.165) is 0 Å². The number of ether oxygens (including phenoxy) is 6. The minimum atomic E-state index is -1.08. The fraction of sp³-hybridized carbons (Fsp3) is 0.571. The summed E-state index contributed by atoms with van der Waals surface area (Å²) in [5.41, 5.74) is 0.562. The van der Waals surface area contributed by atoms with E-state index in [9.17, 15) is 38.4 Å². The van der Waals surface area contributed by atoms with Gasteiger partial charge in [-0.25, -0.2) is 9.59 Å². The first-order valence-electron chi connectivity index (χ1n) is 13.3. The fourth-order valence-electron chi connectivity index (χ4n) is 2.06. The van der Waals surface area contributed by atoms with Gasteiger partial charge in [0.2, 0.25) is 0 Å². The molecule has 16 heteroatoms. The first-order valence-corrected chi connectivity index (χ1v) is 13.3. The van der Waals surface area contributed by atoms with Gasteiger partial charge in [-0.3, -0.25) is 28.8 Å². The molecule has 0 aliphatic heterocycles. The van der Waals surface area contributed by atoms with E-state index in [1.54, 1.807) is 13.8 Å². The lowest BCUT2D eigenvalue weighted by atomic mass is 10.3. The first-order chi connectivity index (χ1) is 20.6. The summed E-state index contributed by atoms with van der Waals surface area (Å²) in [5, 5.41) is 15.8. The second-order valence-corrected chi connectivity index (χ2v) is 8.17. The lowest BCUT2D eigenvalue weighted by molar-refractivity contribution is -0.152. The smallest absolute Gasteiger partial charge is 0.333 e. The van der Waals surface area contributed by atoms with Crippen molar-refractivity contribution >= 4 is 47.8 Å². The molecule has 16 nitrogen and oxygen atoms in total. The zero-order valence-electron chi connectivity index (χ0n) is 25.5. The minimum Gasteiger partial charge on any atom is -0.481 e. The number of hydrogen-bond donors (Lipinski definition) is 2. The maximum absolute atomic E-state index is 11.1. The molecule has 0 atom stereocenters. The standard InChI is InChI=1S/2C12H18O6.C4H6O4/c2*1-4-16-10(13)5-6-11(14)17-7-8-18-12(15)9(2)3;5-3(6)1-2-4(7)8/h2*2,4-8H2,1,3H3;1-2H2,(H,5,6)(H,7,8). The van der Waals surface area contributed by atoms with E-state index < -0.39 is 47.8 Å². The summed E-state index contributed by atoms with van der Waals surface area (Å²) in [6.07, 6.45) is -0.721. The number of carboxylic acid groups (broad SMARTS) is 2. The van der Waals surface area contributed by atoms with E-state index in [2.05, 4.69) is 22.6 Å². The van der Waals surface area contributed by atoms with Gasteiger partial charge in [-0.1, -0.05) is 13.2 Å². The normalized spacial score (nSPS) is 9.27. The van der Waals surface area contributed by atoms with Crippen LogP contribution < -0.4 is 0 Å². The van der Waals surface area contributed by atoms with Gasteiger partial charge in [0, 0.05) is 11.1 Å². The molecule has 2 N–H and O–H groups in total. The highest BCUT2D eigenvalue weighted by atomic mass is 16.6. The van der Waals surface area contributed by atoms with Crippen LogP contribution in [0.4, 0.5) is 0 Å². The lowest BCUT2D eigenvalue weighted by Crippen LogP contribution is -2.15. The Morgan fingerprint density at radius 1 is 0.455 bits per heavy atom. The molecule has 0 aliphatic carbocycles. The predicted octanol–water partition coefficient (Wildman–Crippen LogP) is 1.92. The molecule has 0 amide bonds. The summed E-state index contributed by atoms with van der Waals surface area (Å²) in [6.45, 7) is 13.6. The summed E-state index contributed by atoms with van der Waals surface area (Å²) in [7, 11) is 0. The first kappa shape index (κ1) is 43.7. The fourth-order valence-corrected chi connectivity index (χ4v) is 2.06. The van der Waals surface area contributed by atoms with Crippen molar-refractivity contribution in [2.75, 3.05) is 39.6 Å². The van der Waals surface area contributed by atoms with Crippen molar-refractivity contribution in [2.24, 2.45) is 0 Å². The Kier molecular flexibility index (Phi) is 28.2. The van der Waals surface area contributed by atoms with Gasteiger partial charge in [-0.05, 0) is 27.7 Å². The van der Waals surface area contributed by atoms with E-state index in [1.165, 1.54) is 13.8 Å². The topological polar surface area (TPSA) is 232 Å². The summed E-state index contributed by atoms with van der Waals surface area (Å²) >= 11 is 0.